The Morgan fingerprint density at radius 2 is 1.79 bits per heavy atom. The van der Waals surface area contributed by atoms with Gasteiger partial charge >= 0.3 is 0 Å². The molecule has 0 spiro atoms. The molecule has 5 heterocycles. The number of carbonyl (C=O) groups excluding carboxylic acids is 1. The fraction of sp³-hybridized carbons (Fsp3) is 0.556. The lowest BCUT2D eigenvalue weighted by Crippen LogP contribution is -2.56. The summed E-state index contributed by atoms with van der Waals surface area (Å²) in [7, 11) is 0. The van der Waals surface area contributed by atoms with E-state index in [-0.39, 0.29) is 29.5 Å². The molecule has 0 radical (unpaired) electrons. The van der Waals surface area contributed by atoms with Crippen LogP contribution in [-0.4, -0.2) is 100 Å². The Bertz CT molecular complexity index is 1300. The van der Waals surface area contributed by atoms with E-state index in [1.807, 2.05) is 4.90 Å². The van der Waals surface area contributed by atoms with E-state index in [9.17, 15) is 13.6 Å². The number of benzene rings is 1. The lowest BCUT2D eigenvalue weighted by atomic mass is 10.1. The van der Waals surface area contributed by atoms with E-state index in [2.05, 4.69) is 19.9 Å². The molecule has 3 aliphatic rings. The van der Waals surface area contributed by atoms with Crippen molar-refractivity contribution in [3.05, 3.63) is 36.2 Å². The Kier molecular flexibility index (Phi) is 7.55. The van der Waals surface area contributed by atoms with Crippen LogP contribution in [0.5, 0.6) is 5.88 Å². The summed E-state index contributed by atoms with van der Waals surface area (Å²) in [5, 5.41) is 0. The Hall–Kier alpha value is -3.38. The molecular formula is C27H33F2N7O3. The first-order valence-corrected chi connectivity index (χ1v) is 13.7. The molecule has 0 aliphatic carbocycles. The molecule has 208 valence electrons. The van der Waals surface area contributed by atoms with Crippen LogP contribution in [0.3, 0.4) is 0 Å². The van der Waals surface area contributed by atoms with Gasteiger partial charge in [-0.1, -0.05) is 18.6 Å². The Morgan fingerprint density at radius 1 is 1.03 bits per heavy atom. The molecule has 0 atom stereocenters. The number of nitrogens with zero attached hydrogens (tertiary/aromatic N) is 7. The quantitative estimate of drug-likeness (QED) is 0.430. The second-order valence-corrected chi connectivity index (χ2v) is 10.2. The number of alkyl halides is 2. The van der Waals surface area contributed by atoms with Crippen molar-refractivity contribution < 1.29 is 23.0 Å². The van der Waals surface area contributed by atoms with E-state index in [4.69, 9.17) is 9.47 Å². The fourth-order valence-corrected chi connectivity index (χ4v) is 5.39. The molecule has 39 heavy (non-hydrogen) atoms. The second kappa shape index (κ2) is 11.4. The van der Waals surface area contributed by atoms with Crippen molar-refractivity contribution in [1.82, 2.24) is 29.3 Å². The Morgan fingerprint density at radius 3 is 2.56 bits per heavy atom. The fourth-order valence-electron chi connectivity index (χ4n) is 5.39. The number of ether oxygens (including phenoxy) is 2. The Balaban J connectivity index is 1.21. The monoisotopic (exact) mass is 541 g/mol. The molecule has 2 aromatic heterocycles. The third-order valence-corrected chi connectivity index (χ3v) is 7.56. The number of hydrogen-bond acceptors (Lipinski definition) is 8. The van der Waals surface area contributed by atoms with E-state index in [1.54, 1.807) is 35.2 Å². The second-order valence-electron chi connectivity index (χ2n) is 10.2. The lowest BCUT2D eigenvalue weighted by molar-refractivity contribution is -0.140. The van der Waals surface area contributed by atoms with Crippen molar-refractivity contribution in [2.45, 2.75) is 38.2 Å². The minimum Gasteiger partial charge on any atom is -0.470 e. The molecule has 0 bridgehead atoms. The van der Waals surface area contributed by atoms with Crippen molar-refractivity contribution in [2.24, 2.45) is 0 Å². The average Bonchev–Trinajstić information content (AvgIpc) is 3.35. The molecule has 3 fully saturated rings. The number of likely N-dealkylation sites (tertiary alicyclic amines) is 2. The highest BCUT2D eigenvalue weighted by molar-refractivity contribution is 5.78. The van der Waals surface area contributed by atoms with Crippen LogP contribution in [0.4, 0.5) is 14.7 Å². The van der Waals surface area contributed by atoms with Gasteiger partial charge in [-0.05, 0) is 38.1 Å². The van der Waals surface area contributed by atoms with Crippen LogP contribution >= 0.6 is 0 Å². The maximum atomic E-state index is 14.1. The number of fused-ring (bicyclic) bond motifs is 1. The van der Waals surface area contributed by atoms with E-state index in [0.29, 0.717) is 62.8 Å². The minimum atomic E-state index is -2.79. The highest BCUT2D eigenvalue weighted by Gasteiger charge is 2.33. The minimum absolute atomic E-state index is 0.129. The van der Waals surface area contributed by atoms with Gasteiger partial charge in [0.05, 0.1) is 37.3 Å². The van der Waals surface area contributed by atoms with Crippen molar-refractivity contribution in [3.8, 4) is 11.7 Å². The van der Waals surface area contributed by atoms with Crippen molar-refractivity contribution in [3.63, 3.8) is 0 Å². The zero-order valence-electron chi connectivity index (χ0n) is 21.8. The molecule has 10 nitrogen and oxygen atoms in total. The van der Waals surface area contributed by atoms with Crippen LogP contribution in [0.2, 0.25) is 0 Å². The number of amides is 1. The first kappa shape index (κ1) is 25.9. The maximum Gasteiger partial charge on any atom is 0.296 e. The summed E-state index contributed by atoms with van der Waals surface area (Å²) in [5.74, 6) is 0.675. The number of carbonyl (C=O) groups is 1. The third kappa shape index (κ3) is 5.67. The molecule has 12 heteroatoms. The molecule has 6 rings (SSSR count). The number of halogens is 2. The van der Waals surface area contributed by atoms with Gasteiger partial charge < -0.3 is 24.2 Å². The number of aromatic nitrogens is 4. The van der Waals surface area contributed by atoms with Gasteiger partial charge in [-0.25, -0.2) is 13.8 Å². The molecule has 1 amide bonds. The number of anilines is 1. The first-order valence-electron chi connectivity index (χ1n) is 13.7. The molecule has 0 N–H and O–H groups in total. The summed E-state index contributed by atoms with van der Waals surface area (Å²) < 4.78 is 41.1. The van der Waals surface area contributed by atoms with Gasteiger partial charge in [0.25, 0.3) is 6.43 Å². The van der Waals surface area contributed by atoms with Crippen LogP contribution in [-0.2, 0) is 9.53 Å². The number of para-hydroxylation sites is 2. The lowest BCUT2D eigenvalue weighted by Gasteiger charge is -2.39. The van der Waals surface area contributed by atoms with Gasteiger partial charge in [-0.2, -0.15) is 9.97 Å². The molecule has 3 aromatic rings. The van der Waals surface area contributed by atoms with Crippen LogP contribution in [0.1, 0.15) is 37.9 Å². The topological polar surface area (TPSA) is 88.9 Å². The SMILES string of the molecule is O=C(CCN1CCCCC1)N1CC(Oc2cc(-n3c(C(F)F)nc4ccccc43)nc(N3CCOCC3)n2)C1. The number of rotatable bonds is 8. The average molecular weight is 542 g/mol. The normalized spacial score (nSPS) is 19.1. The summed E-state index contributed by atoms with van der Waals surface area (Å²) in [6.45, 7) is 6.09. The van der Waals surface area contributed by atoms with Gasteiger partial charge in [0.2, 0.25) is 17.7 Å². The van der Waals surface area contributed by atoms with Crippen molar-refractivity contribution >= 4 is 22.9 Å². The molecule has 1 aromatic carbocycles. The number of morpholine rings is 1. The Labute approximate surface area is 225 Å². The number of piperidine rings is 1. The smallest absolute Gasteiger partial charge is 0.296 e. The zero-order chi connectivity index (χ0) is 26.8. The van der Waals surface area contributed by atoms with E-state index < -0.39 is 6.43 Å². The van der Waals surface area contributed by atoms with Gasteiger partial charge in [0.15, 0.2) is 5.82 Å². The van der Waals surface area contributed by atoms with E-state index in [0.717, 1.165) is 19.6 Å². The summed E-state index contributed by atoms with van der Waals surface area (Å²) >= 11 is 0. The van der Waals surface area contributed by atoms with Gasteiger partial charge in [0, 0.05) is 32.1 Å². The van der Waals surface area contributed by atoms with Crippen molar-refractivity contribution in [1.29, 1.82) is 0 Å². The third-order valence-electron chi connectivity index (χ3n) is 7.56. The van der Waals surface area contributed by atoms with Gasteiger partial charge in [-0.3, -0.25) is 9.36 Å². The molecule has 3 saturated heterocycles. The highest BCUT2D eigenvalue weighted by atomic mass is 19.3. The van der Waals surface area contributed by atoms with Crippen LogP contribution < -0.4 is 9.64 Å². The first-order chi connectivity index (χ1) is 19.0. The number of imidazole rings is 1. The maximum absolute atomic E-state index is 14.1. The molecular weight excluding hydrogens is 508 g/mol. The van der Waals surface area contributed by atoms with Crippen molar-refractivity contribution in [2.75, 3.05) is 63.9 Å². The highest BCUT2D eigenvalue weighted by Crippen LogP contribution is 2.30. The van der Waals surface area contributed by atoms with E-state index in [1.165, 1.54) is 23.8 Å². The van der Waals surface area contributed by atoms with Gasteiger partial charge in [-0.15, -0.1) is 0 Å². The van der Waals surface area contributed by atoms with Crippen LogP contribution in [0.15, 0.2) is 30.3 Å². The molecule has 0 saturated carbocycles. The standard InChI is InChI=1S/C27H33F2N7O3/c28-25(29)26-30-20-6-2-3-7-21(20)36(26)22-16-23(32-27(31-22)34-12-14-38-15-13-34)39-19-17-35(18-19)24(37)8-11-33-9-4-1-5-10-33/h2-3,6-7,16,19,25H,1,4-5,8-15,17-18H2. The molecule has 0 unspecified atom stereocenters. The molecule has 3 aliphatic heterocycles. The summed E-state index contributed by atoms with van der Waals surface area (Å²) in [4.78, 5) is 32.2. The summed E-state index contributed by atoms with van der Waals surface area (Å²) in [6, 6.07) is 8.56. The summed E-state index contributed by atoms with van der Waals surface area (Å²) in [6.07, 6.45) is 1.17. The number of hydrogen-bond donors (Lipinski definition) is 0. The summed E-state index contributed by atoms with van der Waals surface area (Å²) in [5.41, 5.74) is 0.985. The predicted molar refractivity (Wildman–Crippen MR) is 141 cm³/mol. The van der Waals surface area contributed by atoms with Gasteiger partial charge in [0.1, 0.15) is 11.9 Å². The zero-order valence-corrected chi connectivity index (χ0v) is 21.8. The predicted octanol–water partition coefficient (Wildman–Crippen LogP) is 3.06. The van der Waals surface area contributed by atoms with Crippen LogP contribution in [0.25, 0.3) is 16.9 Å². The van der Waals surface area contributed by atoms with Crippen LogP contribution in [0, 0.1) is 0 Å². The largest absolute Gasteiger partial charge is 0.470 e. The van der Waals surface area contributed by atoms with E-state index >= 15 is 0 Å².